The zero-order valence-corrected chi connectivity index (χ0v) is 29.6. The first-order valence-electron chi connectivity index (χ1n) is 19.1. The average molecular weight is 696 g/mol. The van der Waals surface area contributed by atoms with E-state index in [1.807, 2.05) is 0 Å². The molecule has 252 valence electrons. The van der Waals surface area contributed by atoms with Crippen molar-refractivity contribution in [2.45, 2.75) is 0 Å². The van der Waals surface area contributed by atoms with E-state index in [1.165, 1.54) is 126 Å². The quantitative estimate of drug-likeness (QED) is 0.171. The molecule has 14 rings (SSSR count). The van der Waals surface area contributed by atoms with Gasteiger partial charge in [-0.1, -0.05) is 121 Å². The van der Waals surface area contributed by atoms with Crippen molar-refractivity contribution in [2.75, 3.05) is 0 Å². The maximum atomic E-state index is 2.60. The standard InChI is InChI=1S/C52H29N3/c1-2-13-32(14-3-1)53-44-22-8-7-17-36(44)40-26-31(24-25-46(40)53)34-18-10-21-39-49-33-15-5-4-12-30(33)27-43-42-29-47-41(28-48(42)55(50(34)39)52(43)49)38-20-11-19-37-35-16-6-9-23-45(35)54(47)51(37)38/h1-29H. The summed E-state index contributed by atoms with van der Waals surface area (Å²) in [6, 6.07) is 65.5. The summed E-state index contributed by atoms with van der Waals surface area (Å²) in [5.41, 5.74) is 13.7. The van der Waals surface area contributed by atoms with Crippen LogP contribution in [0.15, 0.2) is 176 Å². The van der Waals surface area contributed by atoms with Gasteiger partial charge in [-0.25, -0.2) is 0 Å². The zero-order valence-electron chi connectivity index (χ0n) is 29.6. The molecule has 14 aromatic rings. The van der Waals surface area contributed by atoms with Gasteiger partial charge in [-0.15, -0.1) is 0 Å². The van der Waals surface area contributed by atoms with Crippen LogP contribution in [-0.2, 0) is 0 Å². The first kappa shape index (κ1) is 28.2. The minimum atomic E-state index is 1.17. The second kappa shape index (κ2) is 9.79. The van der Waals surface area contributed by atoms with Crippen LogP contribution >= 0.6 is 0 Å². The van der Waals surface area contributed by atoms with Crippen LogP contribution in [0.25, 0.3) is 126 Å². The summed E-state index contributed by atoms with van der Waals surface area (Å²) in [7, 11) is 0. The van der Waals surface area contributed by atoms with Crippen molar-refractivity contribution in [3.8, 4) is 16.8 Å². The molecular formula is C52H29N3. The van der Waals surface area contributed by atoms with E-state index in [4.69, 9.17) is 0 Å². The zero-order chi connectivity index (χ0) is 35.5. The van der Waals surface area contributed by atoms with E-state index in [-0.39, 0.29) is 0 Å². The summed E-state index contributed by atoms with van der Waals surface area (Å²) in [6.45, 7) is 0. The lowest BCUT2D eigenvalue weighted by atomic mass is 9.97. The van der Waals surface area contributed by atoms with Gasteiger partial charge in [-0.2, -0.15) is 0 Å². The van der Waals surface area contributed by atoms with Crippen molar-refractivity contribution in [3.63, 3.8) is 0 Å². The van der Waals surface area contributed by atoms with Gasteiger partial charge in [0, 0.05) is 65.1 Å². The first-order chi connectivity index (χ1) is 27.3. The predicted molar refractivity (Wildman–Crippen MR) is 233 cm³/mol. The highest BCUT2D eigenvalue weighted by molar-refractivity contribution is 6.34. The molecular weight excluding hydrogens is 667 g/mol. The second-order valence-corrected chi connectivity index (χ2v) is 15.3. The average Bonchev–Trinajstić information content (AvgIpc) is 4.03. The molecule has 0 unspecified atom stereocenters. The van der Waals surface area contributed by atoms with E-state index in [1.54, 1.807) is 0 Å². The van der Waals surface area contributed by atoms with Gasteiger partial charge in [0.15, 0.2) is 0 Å². The molecule has 0 atom stereocenters. The van der Waals surface area contributed by atoms with Crippen molar-refractivity contribution >= 4 is 109 Å². The molecule has 0 amide bonds. The lowest BCUT2D eigenvalue weighted by Gasteiger charge is -2.09. The van der Waals surface area contributed by atoms with Crippen molar-refractivity contribution < 1.29 is 0 Å². The van der Waals surface area contributed by atoms with Crippen LogP contribution in [0.3, 0.4) is 0 Å². The topological polar surface area (TPSA) is 13.8 Å². The molecule has 0 fully saturated rings. The van der Waals surface area contributed by atoms with Crippen LogP contribution in [0.1, 0.15) is 0 Å². The number of benzene rings is 9. The van der Waals surface area contributed by atoms with Gasteiger partial charge >= 0.3 is 0 Å². The van der Waals surface area contributed by atoms with Crippen LogP contribution in [-0.4, -0.2) is 13.4 Å². The third-order valence-corrected chi connectivity index (χ3v) is 12.6. The van der Waals surface area contributed by atoms with Gasteiger partial charge in [0.2, 0.25) is 0 Å². The van der Waals surface area contributed by atoms with E-state index >= 15 is 0 Å². The van der Waals surface area contributed by atoms with Gasteiger partial charge in [-0.05, 0) is 70.9 Å². The molecule has 9 aromatic carbocycles. The molecule has 0 saturated heterocycles. The van der Waals surface area contributed by atoms with Gasteiger partial charge in [0.1, 0.15) is 0 Å². The van der Waals surface area contributed by atoms with Crippen molar-refractivity contribution in [1.29, 1.82) is 0 Å². The Balaban J connectivity index is 1.15. The highest BCUT2D eigenvalue weighted by Crippen LogP contribution is 2.48. The minimum Gasteiger partial charge on any atom is -0.309 e. The lowest BCUT2D eigenvalue weighted by Crippen LogP contribution is -1.93. The summed E-state index contributed by atoms with van der Waals surface area (Å²) >= 11 is 0. The maximum absolute atomic E-state index is 2.60. The Labute approximate surface area is 313 Å². The molecule has 5 heterocycles. The van der Waals surface area contributed by atoms with Crippen molar-refractivity contribution in [1.82, 2.24) is 13.4 Å². The Morgan fingerprint density at radius 3 is 1.75 bits per heavy atom. The summed E-state index contributed by atoms with van der Waals surface area (Å²) in [5.74, 6) is 0. The van der Waals surface area contributed by atoms with Crippen molar-refractivity contribution in [3.05, 3.63) is 176 Å². The van der Waals surface area contributed by atoms with E-state index in [9.17, 15) is 0 Å². The van der Waals surface area contributed by atoms with E-state index in [0.29, 0.717) is 0 Å². The van der Waals surface area contributed by atoms with Gasteiger partial charge in [-0.3, -0.25) is 0 Å². The molecule has 3 heteroatoms. The van der Waals surface area contributed by atoms with Gasteiger partial charge in [0.05, 0.1) is 44.1 Å². The number of hydrogen-bond acceptors (Lipinski definition) is 0. The largest absolute Gasteiger partial charge is 0.309 e. The monoisotopic (exact) mass is 695 g/mol. The SMILES string of the molecule is c1ccc(-n2c3ccccc3c3cc(-c4cccc5c6c7ccccc7cc7c8cc9c(cc8n(c45)c76)c4cccc5c6ccccc6n9c54)ccc32)cc1. The normalized spacial score (nSPS) is 12.7. The molecule has 55 heavy (non-hydrogen) atoms. The summed E-state index contributed by atoms with van der Waals surface area (Å²) < 4.78 is 7.50. The lowest BCUT2D eigenvalue weighted by molar-refractivity contribution is 1.18. The molecule has 0 radical (unpaired) electrons. The number of aromatic nitrogens is 3. The number of hydrogen-bond donors (Lipinski definition) is 0. The van der Waals surface area contributed by atoms with E-state index in [2.05, 4.69) is 189 Å². The predicted octanol–water partition coefficient (Wildman–Crippen LogP) is 13.9. The third kappa shape index (κ3) is 3.35. The number of nitrogens with zero attached hydrogens (tertiary/aromatic N) is 3. The fraction of sp³-hybridized carbons (Fsp3) is 0. The highest BCUT2D eigenvalue weighted by atomic mass is 15.0. The third-order valence-electron chi connectivity index (χ3n) is 12.6. The Kier molecular flexibility index (Phi) is 5.01. The van der Waals surface area contributed by atoms with Gasteiger partial charge < -0.3 is 13.4 Å². The Bertz CT molecular complexity index is 3930. The highest BCUT2D eigenvalue weighted by Gasteiger charge is 2.25. The first-order valence-corrected chi connectivity index (χ1v) is 19.1. The van der Waals surface area contributed by atoms with E-state index < -0.39 is 0 Å². The summed E-state index contributed by atoms with van der Waals surface area (Å²) in [5, 5.41) is 15.5. The second-order valence-electron chi connectivity index (χ2n) is 15.3. The number of rotatable bonds is 2. The van der Waals surface area contributed by atoms with Crippen LogP contribution in [0.5, 0.6) is 0 Å². The molecule has 0 bridgehead atoms. The fourth-order valence-electron chi connectivity index (χ4n) is 10.5. The summed E-state index contributed by atoms with van der Waals surface area (Å²) in [4.78, 5) is 0. The van der Waals surface area contributed by atoms with Gasteiger partial charge in [0.25, 0.3) is 0 Å². The molecule has 0 spiro atoms. The molecule has 0 aliphatic carbocycles. The number of fused-ring (bicyclic) bond motifs is 17. The molecule has 0 aliphatic rings. The Hall–Kier alpha value is -7.36. The Morgan fingerprint density at radius 1 is 0.291 bits per heavy atom. The Morgan fingerprint density at radius 2 is 0.891 bits per heavy atom. The number of para-hydroxylation sites is 5. The molecule has 0 saturated carbocycles. The maximum Gasteiger partial charge on any atom is 0.0627 e. The van der Waals surface area contributed by atoms with Crippen LogP contribution < -0.4 is 0 Å². The molecule has 3 nitrogen and oxygen atoms in total. The van der Waals surface area contributed by atoms with Crippen LogP contribution in [0, 0.1) is 0 Å². The molecule has 0 N–H and O–H groups in total. The van der Waals surface area contributed by atoms with Crippen LogP contribution in [0.4, 0.5) is 0 Å². The summed E-state index contributed by atoms with van der Waals surface area (Å²) in [6.07, 6.45) is 0. The molecule has 0 aliphatic heterocycles. The van der Waals surface area contributed by atoms with E-state index in [0.717, 1.165) is 0 Å². The molecule has 5 aromatic heterocycles. The van der Waals surface area contributed by atoms with Crippen LogP contribution in [0.2, 0.25) is 0 Å². The fourth-order valence-corrected chi connectivity index (χ4v) is 10.5. The minimum absolute atomic E-state index is 1.17. The van der Waals surface area contributed by atoms with Crippen molar-refractivity contribution in [2.24, 2.45) is 0 Å². The smallest absolute Gasteiger partial charge is 0.0627 e.